The van der Waals surface area contributed by atoms with Gasteiger partial charge in [-0.25, -0.2) is 9.18 Å². The van der Waals surface area contributed by atoms with Crippen molar-refractivity contribution in [3.05, 3.63) is 34.1 Å². The van der Waals surface area contributed by atoms with Gasteiger partial charge in [0, 0.05) is 11.8 Å². The zero-order chi connectivity index (χ0) is 10.7. The zero-order valence-electron chi connectivity index (χ0n) is 7.00. The molecule has 0 bridgehead atoms. The molecule has 3 nitrogen and oxygen atoms in total. The van der Waals surface area contributed by atoms with Crippen LogP contribution in [0.2, 0.25) is 0 Å². The standard InChI is InChI=1S/C9H7BrFNO2/c10-6-3-5(1-2-9(13)14)8(12)4-7(6)11/h1-4H,12H2,(H,13,14). The topological polar surface area (TPSA) is 63.3 Å². The second-order valence-electron chi connectivity index (χ2n) is 2.57. The molecule has 1 rings (SSSR count). The zero-order valence-corrected chi connectivity index (χ0v) is 8.58. The highest BCUT2D eigenvalue weighted by Crippen LogP contribution is 2.23. The van der Waals surface area contributed by atoms with Crippen molar-refractivity contribution >= 4 is 33.7 Å². The third-order valence-electron chi connectivity index (χ3n) is 1.53. The highest BCUT2D eigenvalue weighted by molar-refractivity contribution is 9.10. The summed E-state index contributed by atoms with van der Waals surface area (Å²) >= 11 is 2.98. The summed E-state index contributed by atoms with van der Waals surface area (Å²) in [5, 5.41) is 8.38. The lowest BCUT2D eigenvalue weighted by atomic mass is 10.1. The average Bonchev–Trinajstić information content (AvgIpc) is 2.09. The molecule has 14 heavy (non-hydrogen) atoms. The number of anilines is 1. The van der Waals surface area contributed by atoms with Crippen LogP contribution in [0.25, 0.3) is 6.08 Å². The van der Waals surface area contributed by atoms with Crippen molar-refractivity contribution in [3.63, 3.8) is 0 Å². The van der Waals surface area contributed by atoms with Crippen molar-refractivity contribution in [2.75, 3.05) is 5.73 Å². The van der Waals surface area contributed by atoms with Gasteiger partial charge in [-0.1, -0.05) is 0 Å². The van der Waals surface area contributed by atoms with Crippen LogP contribution < -0.4 is 5.73 Å². The minimum absolute atomic E-state index is 0.197. The van der Waals surface area contributed by atoms with Crippen LogP contribution in [0.3, 0.4) is 0 Å². The summed E-state index contributed by atoms with van der Waals surface area (Å²) in [6.07, 6.45) is 2.25. The second kappa shape index (κ2) is 4.23. The van der Waals surface area contributed by atoms with Gasteiger partial charge in [-0.2, -0.15) is 0 Å². The average molecular weight is 260 g/mol. The lowest BCUT2D eigenvalue weighted by Crippen LogP contribution is -1.93. The van der Waals surface area contributed by atoms with Gasteiger partial charge in [-0.15, -0.1) is 0 Å². The van der Waals surface area contributed by atoms with Gasteiger partial charge >= 0.3 is 5.97 Å². The summed E-state index contributed by atoms with van der Waals surface area (Å²) < 4.78 is 13.1. The van der Waals surface area contributed by atoms with E-state index < -0.39 is 11.8 Å². The molecular weight excluding hydrogens is 253 g/mol. The highest BCUT2D eigenvalue weighted by Gasteiger charge is 2.03. The molecule has 0 aliphatic carbocycles. The van der Waals surface area contributed by atoms with Crippen molar-refractivity contribution in [1.82, 2.24) is 0 Å². The van der Waals surface area contributed by atoms with E-state index in [0.29, 0.717) is 5.56 Å². The van der Waals surface area contributed by atoms with E-state index in [4.69, 9.17) is 10.8 Å². The molecule has 0 saturated carbocycles. The summed E-state index contributed by atoms with van der Waals surface area (Å²) in [5.74, 6) is -1.56. The Balaban J connectivity index is 3.10. The van der Waals surface area contributed by atoms with E-state index in [9.17, 15) is 9.18 Å². The molecule has 0 saturated heterocycles. The molecule has 1 aromatic carbocycles. The van der Waals surface area contributed by atoms with Gasteiger partial charge in [0.15, 0.2) is 0 Å². The van der Waals surface area contributed by atoms with Crippen molar-refractivity contribution in [3.8, 4) is 0 Å². The molecule has 3 N–H and O–H groups in total. The minimum Gasteiger partial charge on any atom is -0.478 e. The van der Waals surface area contributed by atoms with Crippen molar-refractivity contribution in [2.24, 2.45) is 0 Å². The van der Waals surface area contributed by atoms with Crippen molar-refractivity contribution < 1.29 is 14.3 Å². The maximum absolute atomic E-state index is 12.9. The first-order chi connectivity index (χ1) is 6.50. The lowest BCUT2D eigenvalue weighted by Gasteiger charge is -2.01. The second-order valence-corrected chi connectivity index (χ2v) is 3.42. The lowest BCUT2D eigenvalue weighted by molar-refractivity contribution is -0.131. The van der Waals surface area contributed by atoms with Crippen LogP contribution in [-0.2, 0) is 4.79 Å². The Labute approximate surface area is 88.2 Å². The first-order valence-electron chi connectivity index (χ1n) is 3.66. The largest absolute Gasteiger partial charge is 0.478 e. The number of carboxylic acids is 1. The van der Waals surface area contributed by atoms with E-state index in [1.54, 1.807) is 0 Å². The van der Waals surface area contributed by atoms with E-state index in [2.05, 4.69) is 15.9 Å². The van der Waals surface area contributed by atoms with Crippen LogP contribution >= 0.6 is 15.9 Å². The Bertz CT molecular complexity index is 404. The van der Waals surface area contributed by atoms with Crippen LogP contribution in [-0.4, -0.2) is 11.1 Å². The van der Waals surface area contributed by atoms with E-state index in [1.165, 1.54) is 12.1 Å². The summed E-state index contributed by atoms with van der Waals surface area (Å²) in [6.45, 7) is 0. The quantitative estimate of drug-likeness (QED) is 0.633. The predicted octanol–water partition coefficient (Wildman–Crippen LogP) is 2.27. The molecule has 0 fully saturated rings. The first-order valence-corrected chi connectivity index (χ1v) is 4.45. The van der Waals surface area contributed by atoms with Crippen LogP contribution in [0, 0.1) is 5.82 Å². The highest BCUT2D eigenvalue weighted by atomic mass is 79.9. The molecule has 0 heterocycles. The van der Waals surface area contributed by atoms with Crippen molar-refractivity contribution in [2.45, 2.75) is 0 Å². The number of carboxylic acid groups (broad SMARTS) is 1. The number of benzene rings is 1. The van der Waals surface area contributed by atoms with E-state index >= 15 is 0 Å². The van der Waals surface area contributed by atoms with Crippen LogP contribution in [0.1, 0.15) is 5.56 Å². The SMILES string of the molecule is Nc1cc(F)c(Br)cc1C=CC(=O)O. The van der Waals surface area contributed by atoms with Gasteiger partial charge in [-0.3, -0.25) is 0 Å². The molecule has 5 heteroatoms. The fourth-order valence-electron chi connectivity index (χ4n) is 0.883. The maximum atomic E-state index is 12.9. The van der Waals surface area contributed by atoms with E-state index in [-0.39, 0.29) is 10.2 Å². The molecular formula is C9H7BrFNO2. The summed E-state index contributed by atoms with van der Waals surface area (Å²) in [7, 11) is 0. The molecule has 1 aromatic rings. The Hall–Kier alpha value is -1.36. The fourth-order valence-corrected chi connectivity index (χ4v) is 1.24. The first kappa shape index (κ1) is 10.7. The van der Waals surface area contributed by atoms with Gasteiger partial charge in [0.05, 0.1) is 4.47 Å². The molecule has 0 amide bonds. The van der Waals surface area contributed by atoms with Crippen LogP contribution in [0.5, 0.6) is 0 Å². The third-order valence-corrected chi connectivity index (χ3v) is 2.14. The van der Waals surface area contributed by atoms with Gasteiger partial charge in [0.2, 0.25) is 0 Å². The smallest absolute Gasteiger partial charge is 0.328 e. The Morgan fingerprint density at radius 1 is 1.57 bits per heavy atom. The van der Waals surface area contributed by atoms with E-state index in [0.717, 1.165) is 12.1 Å². The fraction of sp³-hybridized carbons (Fsp3) is 0. The number of hydrogen-bond donors (Lipinski definition) is 2. The van der Waals surface area contributed by atoms with Gasteiger partial charge in [-0.05, 0) is 39.7 Å². The van der Waals surface area contributed by atoms with Gasteiger partial charge < -0.3 is 10.8 Å². The Morgan fingerprint density at radius 3 is 2.79 bits per heavy atom. The number of carbonyl (C=O) groups is 1. The monoisotopic (exact) mass is 259 g/mol. The number of nitrogens with two attached hydrogens (primary N) is 1. The third kappa shape index (κ3) is 2.56. The normalized spacial score (nSPS) is 10.7. The molecule has 0 spiro atoms. The number of nitrogen functional groups attached to an aromatic ring is 1. The molecule has 0 aromatic heterocycles. The maximum Gasteiger partial charge on any atom is 0.328 e. The molecule has 0 aliphatic rings. The summed E-state index contributed by atoms with van der Waals surface area (Å²) in [4.78, 5) is 10.2. The number of hydrogen-bond acceptors (Lipinski definition) is 2. The van der Waals surface area contributed by atoms with Crippen LogP contribution in [0.4, 0.5) is 10.1 Å². The molecule has 0 aliphatic heterocycles. The number of aliphatic carboxylic acids is 1. The number of rotatable bonds is 2. The molecule has 0 unspecified atom stereocenters. The van der Waals surface area contributed by atoms with Gasteiger partial charge in [0.1, 0.15) is 5.82 Å². The Kier molecular flexibility index (Phi) is 3.24. The predicted molar refractivity (Wildman–Crippen MR) is 55.2 cm³/mol. The summed E-state index contributed by atoms with van der Waals surface area (Å²) in [5.41, 5.74) is 6.13. The van der Waals surface area contributed by atoms with E-state index in [1.807, 2.05) is 0 Å². The molecule has 0 atom stereocenters. The van der Waals surface area contributed by atoms with Crippen LogP contribution in [0.15, 0.2) is 22.7 Å². The van der Waals surface area contributed by atoms with Gasteiger partial charge in [0.25, 0.3) is 0 Å². The number of halogens is 2. The Morgan fingerprint density at radius 2 is 2.21 bits per heavy atom. The molecule has 0 radical (unpaired) electrons. The van der Waals surface area contributed by atoms with Crippen molar-refractivity contribution in [1.29, 1.82) is 0 Å². The molecule has 74 valence electrons. The summed E-state index contributed by atoms with van der Waals surface area (Å²) in [6, 6.07) is 2.55. The minimum atomic E-state index is -1.08.